The fourth-order valence-corrected chi connectivity index (χ4v) is 4.65. The minimum atomic E-state index is -0.626. The first-order chi connectivity index (χ1) is 14.7. The third kappa shape index (κ3) is 3.28. The number of carbonyl (C=O) groups excluding carboxylic acids is 2. The van der Waals surface area contributed by atoms with Crippen LogP contribution in [0.4, 0.5) is 0 Å². The van der Waals surface area contributed by atoms with Crippen molar-refractivity contribution < 1.29 is 14.3 Å². The van der Waals surface area contributed by atoms with Crippen molar-refractivity contribution in [3.05, 3.63) is 102 Å². The molecule has 2 heterocycles. The topological polar surface area (TPSA) is 46.6 Å². The molecule has 0 saturated carbocycles. The van der Waals surface area contributed by atoms with Gasteiger partial charge in [-0.05, 0) is 23.3 Å². The monoisotopic (exact) mass is 397 g/mol. The number of Topliss-reactive ketones (excluding diaryl/α,β-unsaturated/α-hetero) is 1. The number of para-hydroxylation sites is 1. The molecule has 30 heavy (non-hydrogen) atoms. The van der Waals surface area contributed by atoms with Crippen LogP contribution in [0.1, 0.15) is 40.2 Å². The Balaban J connectivity index is 1.43. The largest absolute Gasteiger partial charge is 0.484 e. The summed E-state index contributed by atoms with van der Waals surface area (Å²) < 4.78 is 6.31. The van der Waals surface area contributed by atoms with Gasteiger partial charge in [-0.2, -0.15) is 0 Å². The second-order valence-corrected chi connectivity index (χ2v) is 8.15. The number of nitrogens with zero attached hydrogens (tertiary/aromatic N) is 1. The van der Waals surface area contributed by atoms with Crippen molar-refractivity contribution in [3.8, 4) is 5.75 Å². The molecular weight excluding hydrogens is 374 g/mol. The zero-order valence-electron chi connectivity index (χ0n) is 16.7. The van der Waals surface area contributed by atoms with Gasteiger partial charge in [0.05, 0.1) is 24.4 Å². The molecule has 0 aliphatic carbocycles. The molecule has 1 amide bonds. The summed E-state index contributed by atoms with van der Waals surface area (Å²) in [5.41, 5.74) is 1.96. The Labute approximate surface area is 176 Å². The van der Waals surface area contributed by atoms with Gasteiger partial charge in [-0.25, -0.2) is 0 Å². The predicted octanol–water partition coefficient (Wildman–Crippen LogP) is 4.46. The number of fused-ring (bicyclic) bond motifs is 1. The molecule has 1 atom stereocenters. The fourth-order valence-electron chi connectivity index (χ4n) is 4.65. The average Bonchev–Trinajstić information content (AvgIpc) is 3.18. The van der Waals surface area contributed by atoms with Crippen LogP contribution in [0.25, 0.3) is 0 Å². The average molecular weight is 397 g/mol. The minimum absolute atomic E-state index is 0.0548. The molecule has 0 bridgehead atoms. The molecule has 1 spiro atoms. The highest BCUT2D eigenvalue weighted by atomic mass is 16.5. The van der Waals surface area contributed by atoms with Crippen LogP contribution < -0.4 is 4.74 Å². The first-order valence-corrected chi connectivity index (χ1v) is 10.4. The Bertz CT molecular complexity index is 1040. The fraction of sp³-hybridized carbons (Fsp3) is 0.231. The summed E-state index contributed by atoms with van der Waals surface area (Å²) in [6.07, 6.45) is 0.976. The summed E-state index contributed by atoms with van der Waals surface area (Å²) in [7, 11) is 0. The van der Waals surface area contributed by atoms with Crippen molar-refractivity contribution >= 4 is 11.7 Å². The number of ketones is 1. The van der Waals surface area contributed by atoms with Gasteiger partial charge in [-0.15, -0.1) is 0 Å². The normalized spacial score (nSPS) is 20.3. The molecule has 2 aliphatic heterocycles. The second kappa shape index (κ2) is 7.45. The van der Waals surface area contributed by atoms with E-state index in [1.807, 2.05) is 89.8 Å². The van der Waals surface area contributed by atoms with E-state index in [4.69, 9.17) is 4.74 Å². The smallest absolute Gasteiger partial charge is 0.234 e. The van der Waals surface area contributed by atoms with E-state index in [-0.39, 0.29) is 17.6 Å². The number of rotatable bonds is 3. The third-order valence-corrected chi connectivity index (χ3v) is 6.14. The molecule has 3 aromatic rings. The molecule has 150 valence electrons. The highest BCUT2D eigenvalue weighted by Crippen LogP contribution is 2.40. The van der Waals surface area contributed by atoms with Crippen LogP contribution in [0.5, 0.6) is 5.75 Å². The zero-order chi connectivity index (χ0) is 20.6. The molecule has 2 aliphatic rings. The highest BCUT2D eigenvalue weighted by Gasteiger charge is 2.47. The number of likely N-dealkylation sites (tertiary alicyclic amines) is 1. The number of benzene rings is 3. The quantitative estimate of drug-likeness (QED) is 0.656. The molecule has 3 aromatic carbocycles. The van der Waals surface area contributed by atoms with Crippen LogP contribution in [0, 0.1) is 0 Å². The van der Waals surface area contributed by atoms with E-state index in [0.29, 0.717) is 37.2 Å². The maximum atomic E-state index is 13.7. The molecule has 4 nitrogen and oxygen atoms in total. The third-order valence-electron chi connectivity index (χ3n) is 6.14. The van der Waals surface area contributed by atoms with E-state index in [1.165, 1.54) is 0 Å². The first-order valence-electron chi connectivity index (χ1n) is 10.4. The number of carbonyl (C=O) groups is 2. The second-order valence-electron chi connectivity index (χ2n) is 8.15. The van der Waals surface area contributed by atoms with Crippen molar-refractivity contribution in [2.24, 2.45) is 0 Å². The number of ether oxygens (including phenoxy) is 1. The highest BCUT2D eigenvalue weighted by molar-refractivity contribution is 6.00. The Morgan fingerprint density at radius 3 is 2.13 bits per heavy atom. The molecule has 5 rings (SSSR count). The Hall–Kier alpha value is -3.40. The first kappa shape index (κ1) is 18.6. The molecular formula is C26H23NO3. The number of hydrogen-bond acceptors (Lipinski definition) is 3. The van der Waals surface area contributed by atoms with Crippen LogP contribution >= 0.6 is 0 Å². The Morgan fingerprint density at radius 1 is 0.867 bits per heavy atom. The lowest BCUT2D eigenvalue weighted by atomic mass is 9.88. The molecule has 0 N–H and O–H groups in total. The molecule has 0 radical (unpaired) electrons. The van der Waals surface area contributed by atoms with Gasteiger partial charge in [0.25, 0.3) is 0 Å². The maximum Gasteiger partial charge on any atom is 0.234 e. The standard InChI is InChI=1S/C26H23NO3/c28-22-17-26(30-23-14-8-7-13-21(22)23)15-16-27(18-26)25(29)24(19-9-3-1-4-10-19)20-11-5-2-6-12-20/h1-14,24H,15-18H2. The summed E-state index contributed by atoms with van der Waals surface area (Å²) in [6, 6.07) is 27.1. The SMILES string of the molecule is O=C1CC2(CCN(C(=O)C(c3ccccc3)c3ccccc3)C2)Oc2ccccc21. The van der Waals surface area contributed by atoms with E-state index in [0.717, 1.165) is 11.1 Å². The van der Waals surface area contributed by atoms with Crippen LogP contribution in [0.15, 0.2) is 84.9 Å². The van der Waals surface area contributed by atoms with Crippen molar-refractivity contribution in [1.82, 2.24) is 4.90 Å². The summed E-state index contributed by atoms with van der Waals surface area (Å²) in [5, 5.41) is 0. The molecule has 1 fully saturated rings. The van der Waals surface area contributed by atoms with E-state index < -0.39 is 5.60 Å². The maximum absolute atomic E-state index is 13.7. The van der Waals surface area contributed by atoms with Gasteiger partial charge in [-0.3, -0.25) is 9.59 Å². The van der Waals surface area contributed by atoms with E-state index in [2.05, 4.69) is 0 Å². The van der Waals surface area contributed by atoms with Gasteiger partial charge in [0.15, 0.2) is 5.78 Å². The Kier molecular flexibility index (Phi) is 4.62. The molecule has 1 saturated heterocycles. The van der Waals surface area contributed by atoms with Crippen LogP contribution in [-0.4, -0.2) is 35.3 Å². The number of amides is 1. The summed E-state index contributed by atoms with van der Waals surface area (Å²) in [4.78, 5) is 28.3. The summed E-state index contributed by atoms with van der Waals surface area (Å²) >= 11 is 0. The van der Waals surface area contributed by atoms with Crippen LogP contribution in [0.3, 0.4) is 0 Å². The minimum Gasteiger partial charge on any atom is -0.484 e. The number of hydrogen-bond donors (Lipinski definition) is 0. The summed E-state index contributed by atoms with van der Waals surface area (Å²) in [6.45, 7) is 1.02. The van der Waals surface area contributed by atoms with E-state index in [9.17, 15) is 9.59 Å². The van der Waals surface area contributed by atoms with E-state index >= 15 is 0 Å². The van der Waals surface area contributed by atoms with Gasteiger partial charge in [0, 0.05) is 13.0 Å². The lowest BCUT2D eigenvalue weighted by molar-refractivity contribution is -0.131. The van der Waals surface area contributed by atoms with Crippen molar-refractivity contribution in [1.29, 1.82) is 0 Å². The van der Waals surface area contributed by atoms with Crippen molar-refractivity contribution in [2.45, 2.75) is 24.4 Å². The van der Waals surface area contributed by atoms with E-state index in [1.54, 1.807) is 0 Å². The lowest BCUT2D eigenvalue weighted by Crippen LogP contribution is -2.46. The van der Waals surface area contributed by atoms with Gasteiger partial charge < -0.3 is 9.64 Å². The Morgan fingerprint density at radius 2 is 1.47 bits per heavy atom. The lowest BCUT2D eigenvalue weighted by Gasteiger charge is -2.35. The van der Waals surface area contributed by atoms with Gasteiger partial charge >= 0.3 is 0 Å². The van der Waals surface area contributed by atoms with Gasteiger partial charge in [-0.1, -0.05) is 72.8 Å². The zero-order valence-corrected chi connectivity index (χ0v) is 16.7. The van der Waals surface area contributed by atoms with Gasteiger partial charge in [0.2, 0.25) is 5.91 Å². The van der Waals surface area contributed by atoms with Crippen LogP contribution in [0.2, 0.25) is 0 Å². The van der Waals surface area contributed by atoms with Crippen molar-refractivity contribution in [2.75, 3.05) is 13.1 Å². The molecule has 0 aromatic heterocycles. The van der Waals surface area contributed by atoms with Gasteiger partial charge in [0.1, 0.15) is 11.4 Å². The predicted molar refractivity (Wildman–Crippen MR) is 115 cm³/mol. The summed E-state index contributed by atoms with van der Waals surface area (Å²) in [5.74, 6) is 0.410. The molecule has 1 unspecified atom stereocenters. The van der Waals surface area contributed by atoms with Crippen molar-refractivity contribution in [3.63, 3.8) is 0 Å². The van der Waals surface area contributed by atoms with Crippen LogP contribution in [-0.2, 0) is 4.79 Å². The molecule has 4 heteroatoms.